The van der Waals surface area contributed by atoms with Gasteiger partial charge in [-0.1, -0.05) is 23.7 Å². The molecule has 2 aromatic carbocycles. The Balaban J connectivity index is 1.75. The van der Waals surface area contributed by atoms with Crippen molar-refractivity contribution in [2.24, 2.45) is 5.92 Å². The number of rotatable bonds is 4. The van der Waals surface area contributed by atoms with Crippen molar-refractivity contribution in [1.82, 2.24) is 4.90 Å². The predicted octanol–water partition coefficient (Wildman–Crippen LogP) is 4.08. The second kappa shape index (κ2) is 7.70. The summed E-state index contributed by atoms with van der Waals surface area (Å²) in [5.41, 5.74) is 1.17. The highest BCUT2D eigenvalue weighted by Crippen LogP contribution is 2.25. The van der Waals surface area contributed by atoms with Crippen molar-refractivity contribution < 1.29 is 14.3 Å². The second-order valence-corrected chi connectivity index (χ2v) is 6.60. The number of nitrogens with zero attached hydrogens (tertiary/aromatic N) is 1. The minimum atomic E-state index is -0.186. The van der Waals surface area contributed by atoms with E-state index in [0.29, 0.717) is 35.0 Å². The van der Waals surface area contributed by atoms with Crippen LogP contribution in [-0.2, 0) is 0 Å². The van der Waals surface area contributed by atoms with Gasteiger partial charge >= 0.3 is 0 Å². The number of carbonyl (C=O) groups excluding carboxylic acids is 2. The summed E-state index contributed by atoms with van der Waals surface area (Å²) in [6.45, 7) is 1.08. The van der Waals surface area contributed by atoms with Crippen molar-refractivity contribution in [2.75, 3.05) is 20.2 Å². The Hall–Kier alpha value is -2.33. The Morgan fingerprint density at radius 3 is 2.56 bits per heavy atom. The van der Waals surface area contributed by atoms with Crippen molar-refractivity contribution in [3.05, 3.63) is 64.7 Å². The Morgan fingerprint density at radius 2 is 1.84 bits per heavy atom. The number of likely N-dealkylation sites (tertiary alicyclic amines) is 1. The second-order valence-electron chi connectivity index (χ2n) is 6.16. The number of ether oxygens (including phenoxy) is 1. The number of halogens is 1. The number of hydrogen-bond donors (Lipinski definition) is 0. The SMILES string of the molecule is COc1ccccc1C(=O)N1CCCC(C(=O)c2ccc(Cl)cc2)C1. The summed E-state index contributed by atoms with van der Waals surface area (Å²) in [6, 6.07) is 14.1. The Morgan fingerprint density at radius 1 is 1.12 bits per heavy atom. The summed E-state index contributed by atoms with van der Waals surface area (Å²) < 4.78 is 5.29. The van der Waals surface area contributed by atoms with Crippen LogP contribution in [0.15, 0.2) is 48.5 Å². The summed E-state index contributed by atoms with van der Waals surface area (Å²) in [5, 5.41) is 0.605. The molecule has 4 nitrogen and oxygen atoms in total. The standard InChI is InChI=1S/C20H20ClNO3/c1-25-18-7-3-2-6-17(18)20(24)22-12-4-5-15(13-22)19(23)14-8-10-16(21)11-9-14/h2-3,6-11,15H,4-5,12-13H2,1H3. The first-order chi connectivity index (χ1) is 12.1. The smallest absolute Gasteiger partial charge is 0.257 e. The Labute approximate surface area is 152 Å². The van der Waals surface area contributed by atoms with Gasteiger partial charge in [0, 0.05) is 29.6 Å². The molecule has 0 N–H and O–H groups in total. The number of methoxy groups -OCH3 is 1. The molecule has 5 heteroatoms. The van der Waals surface area contributed by atoms with E-state index in [-0.39, 0.29) is 17.6 Å². The topological polar surface area (TPSA) is 46.6 Å². The number of para-hydroxylation sites is 1. The number of ketones is 1. The van der Waals surface area contributed by atoms with Gasteiger partial charge in [0.05, 0.1) is 12.7 Å². The highest BCUT2D eigenvalue weighted by Gasteiger charge is 2.30. The van der Waals surface area contributed by atoms with Crippen molar-refractivity contribution >= 4 is 23.3 Å². The van der Waals surface area contributed by atoms with Crippen LogP contribution in [0.3, 0.4) is 0 Å². The lowest BCUT2D eigenvalue weighted by molar-refractivity contribution is 0.0634. The monoisotopic (exact) mass is 357 g/mol. The summed E-state index contributed by atoms with van der Waals surface area (Å²) in [5.74, 6) is 0.340. The minimum absolute atomic E-state index is 0.0641. The van der Waals surface area contributed by atoms with Crippen LogP contribution in [0.5, 0.6) is 5.75 Å². The molecule has 0 radical (unpaired) electrons. The van der Waals surface area contributed by atoms with Crippen LogP contribution in [0.4, 0.5) is 0 Å². The summed E-state index contributed by atoms with van der Waals surface area (Å²) in [6.07, 6.45) is 1.60. The molecule has 1 saturated heterocycles. The van der Waals surface area contributed by atoms with Gasteiger partial charge in [0.25, 0.3) is 5.91 Å². The lowest BCUT2D eigenvalue weighted by Gasteiger charge is -2.32. The molecule has 0 saturated carbocycles. The predicted molar refractivity (Wildman–Crippen MR) is 97.4 cm³/mol. The molecule has 1 atom stereocenters. The average Bonchev–Trinajstić information content (AvgIpc) is 2.67. The highest BCUT2D eigenvalue weighted by atomic mass is 35.5. The van der Waals surface area contributed by atoms with E-state index in [2.05, 4.69) is 0 Å². The average molecular weight is 358 g/mol. The number of hydrogen-bond acceptors (Lipinski definition) is 3. The molecule has 1 amide bonds. The Kier molecular flexibility index (Phi) is 5.39. The summed E-state index contributed by atoms with van der Waals surface area (Å²) in [7, 11) is 1.55. The van der Waals surface area contributed by atoms with Gasteiger partial charge in [-0.15, -0.1) is 0 Å². The quantitative estimate of drug-likeness (QED) is 0.774. The van der Waals surface area contributed by atoms with E-state index in [9.17, 15) is 9.59 Å². The van der Waals surface area contributed by atoms with Crippen LogP contribution in [-0.4, -0.2) is 36.8 Å². The number of Topliss-reactive ketones (excluding diaryl/α,β-unsaturated/α-hetero) is 1. The third-order valence-corrected chi connectivity index (χ3v) is 4.80. The van der Waals surface area contributed by atoms with Gasteiger partial charge in [-0.3, -0.25) is 9.59 Å². The fraction of sp³-hybridized carbons (Fsp3) is 0.300. The van der Waals surface area contributed by atoms with Crippen LogP contribution in [0.1, 0.15) is 33.6 Å². The van der Waals surface area contributed by atoms with Gasteiger partial charge in [-0.2, -0.15) is 0 Å². The van der Waals surface area contributed by atoms with Crippen molar-refractivity contribution in [2.45, 2.75) is 12.8 Å². The molecule has 1 aliphatic rings. The van der Waals surface area contributed by atoms with Crippen LogP contribution >= 0.6 is 11.6 Å². The van der Waals surface area contributed by atoms with Gasteiger partial charge in [0.2, 0.25) is 0 Å². The van der Waals surface area contributed by atoms with Crippen molar-refractivity contribution in [3.63, 3.8) is 0 Å². The van der Waals surface area contributed by atoms with Crippen molar-refractivity contribution in [3.8, 4) is 5.75 Å². The Bertz CT molecular complexity index is 773. The molecule has 130 valence electrons. The molecule has 3 rings (SSSR count). The molecule has 2 aromatic rings. The first-order valence-electron chi connectivity index (χ1n) is 8.32. The lowest BCUT2D eigenvalue weighted by atomic mass is 9.89. The zero-order valence-electron chi connectivity index (χ0n) is 14.1. The fourth-order valence-corrected chi connectivity index (χ4v) is 3.34. The van der Waals surface area contributed by atoms with E-state index in [4.69, 9.17) is 16.3 Å². The molecule has 0 aromatic heterocycles. The van der Waals surface area contributed by atoms with Gasteiger partial charge in [0.1, 0.15) is 5.75 Å². The number of benzene rings is 2. The largest absolute Gasteiger partial charge is 0.496 e. The number of amides is 1. The van der Waals surface area contributed by atoms with E-state index in [1.807, 2.05) is 12.1 Å². The molecule has 1 aliphatic heterocycles. The third kappa shape index (κ3) is 3.85. The fourth-order valence-electron chi connectivity index (χ4n) is 3.22. The van der Waals surface area contributed by atoms with Gasteiger partial charge in [0.15, 0.2) is 5.78 Å². The van der Waals surface area contributed by atoms with E-state index in [1.165, 1.54) is 0 Å². The third-order valence-electron chi connectivity index (χ3n) is 4.55. The first-order valence-corrected chi connectivity index (χ1v) is 8.70. The molecule has 0 spiro atoms. The maximum atomic E-state index is 12.8. The molecule has 1 heterocycles. The van der Waals surface area contributed by atoms with Gasteiger partial charge in [-0.05, 0) is 49.2 Å². The molecule has 0 bridgehead atoms. The molecule has 1 fully saturated rings. The van der Waals surface area contributed by atoms with Gasteiger partial charge < -0.3 is 9.64 Å². The first kappa shape index (κ1) is 17.5. The number of piperidine rings is 1. The van der Waals surface area contributed by atoms with Crippen molar-refractivity contribution in [1.29, 1.82) is 0 Å². The van der Waals surface area contributed by atoms with Gasteiger partial charge in [-0.25, -0.2) is 0 Å². The van der Waals surface area contributed by atoms with E-state index in [0.717, 1.165) is 12.8 Å². The van der Waals surface area contributed by atoms with Crippen LogP contribution in [0.2, 0.25) is 5.02 Å². The van der Waals surface area contributed by atoms with E-state index < -0.39 is 0 Å². The highest BCUT2D eigenvalue weighted by molar-refractivity contribution is 6.30. The van der Waals surface area contributed by atoms with Crippen LogP contribution in [0.25, 0.3) is 0 Å². The van der Waals surface area contributed by atoms with Crippen LogP contribution in [0, 0.1) is 5.92 Å². The maximum Gasteiger partial charge on any atom is 0.257 e. The van der Waals surface area contributed by atoms with E-state index >= 15 is 0 Å². The molecule has 25 heavy (non-hydrogen) atoms. The lowest BCUT2D eigenvalue weighted by Crippen LogP contribution is -2.42. The van der Waals surface area contributed by atoms with E-state index in [1.54, 1.807) is 48.4 Å². The molecular formula is C20H20ClNO3. The zero-order valence-corrected chi connectivity index (χ0v) is 14.8. The summed E-state index contributed by atoms with van der Waals surface area (Å²) in [4.78, 5) is 27.3. The minimum Gasteiger partial charge on any atom is -0.496 e. The molecule has 1 unspecified atom stereocenters. The molecular weight excluding hydrogens is 338 g/mol. The maximum absolute atomic E-state index is 12.8. The molecule has 0 aliphatic carbocycles. The zero-order chi connectivity index (χ0) is 17.8. The van der Waals surface area contributed by atoms with Crippen LogP contribution < -0.4 is 4.74 Å². The summed E-state index contributed by atoms with van der Waals surface area (Å²) >= 11 is 5.89. The number of carbonyl (C=O) groups is 2. The normalized spacial score (nSPS) is 17.2.